The molecule has 1 N–H and O–H groups in total. The normalized spacial score (nSPS) is 10.5. The maximum absolute atomic E-state index is 9.53. The predicted molar refractivity (Wildman–Crippen MR) is 74.6 cm³/mol. The number of rotatable bonds is 5. The van der Waals surface area contributed by atoms with Gasteiger partial charge in [-0.3, -0.25) is 0 Å². The molecule has 0 unspecified atom stereocenters. The van der Waals surface area contributed by atoms with E-state index >= 15 is 0 Å². The van der Waals surface area contributed by atoms with Crippen LogP contribution in [0.2, 0.25) is 0 Å². The Labute approximate surface area is 113 Å². The summed E-state index contributed by atoms with van der Waals surface area (Å²) in [7, 11) is 0. The Balaban J connectivity index is 2.12. The van der Waals surface area contributed by atoms with Crippen LogP contribution in [0.3, 0.4) is 0 Å². The molecule has 0 aliphatic carbocycles. The number of ether oxygens (including phenoxy) is 2. The van der Waals surface area contributed by atoms with Gasteiger partial charge in [-0.1, -0.05) is 30.3 Å². The maximum atomic E-state index is 9.53. The summed E-state index contributed by atoms with van der Waals surface area (Å²) in [6.45, 7) is 4.35. The Morgan fingerprint density at radius 3 is 2.42 bits per heavy atom. The molecule has 0 saturated carbocycles. The molecule has 0 heterocycles. The van der Waals surface area contributed by atoms with Crippen LogP contribution < -0.4 is 9.47 Å². The molecular formula is C16H18O3. The topological polar surface area (TPSA) is 38.7 Å². The molecular weight excluding hydrogens is 240 g/mol. The summed E-state index contributed by atoms with van der Waals surface area (Å²) in [5.74, 6) is 1.36. The van der Waals surface area contributed by atoms with Crippen LogP contribution in [0.5, 0.6) is 17.2 Å². The van der Waals surface area contributed by atoms with E-state index in [1.165, 1.54) is 0 Å². The van der Waals surface area contributed by atoms with Crippen molar-refractivity contribution in [3.63, 3.8) is 0 Å². The lowest BCUT2D eigenvalue weighted by Crippen LogP contribution is -2.07. The Morgan fingerprint density at radius 1 is 1.00 bits per heavy atom. The second kappa shape index (κ2) is 6.14. The van der Waals surface area contributed by atoms with Crippen molar-refractivity contribution in [2.45, 2.75) is 26.6 Å². The third-order valence-electron chi connectivity index (χ3n) is 2.53. The summed E-state index contributed by atoms with van der Waals surface area (Å²) < 4.78 is 11.4. The fraction of sp³-hybridized carbons (Fsp3) is 0.250. The van der Waals surface area contributed by atoms with Crippen molar-refractivity contribution >= 4 is 0 Å². The van der Waals surface area contributed by atoms with Gasteiger partial charge in [-0.25, -0.2) is 0 Å². The summed E-state index contributed by atoms with van der Waals surface area (Å²) in [6, 6.07) is 14.8. The van der Waals surface area contributed by atoms with Gasteiger partial charge in [-0.15, -0.1) is 0 Å². The number of phenols is 1. The first kappa shape index (κ1) is 13.3. The van der Waals surface area contributed by atoms with E-state index in [1.807, 2.05) is 44.2 Å². The highest BCUT2D eigenvalue weighted by Gasteiger charge is 2.08. The summed E-state index contributed by atoms with van der Waals surface area (Å²) in [4.78, 5) is 0. The Hall–Kier alpha value is -2.16. The number of hydrogen-bond acceptors (Lipinski definition) is 3. The van der Waals surface area contributed by atoms with Gasteiger partial charge in [-0.2, -0.15) is 0 Å². The second-order valence-corrected chi connectivity index (χ2v) is 4.57. The Kier molecular flexibility index (Phi) is 4.29. The minimum absolute atomic E-state index is 0.0589. The van der Waals surface area contributed by atoms with Gasteiger partial charge in [-0.05, 0) is 31.5 Å². The molecule has 2 aromatic rings. The van der Waals surface area contributed by atoms with E-state index < -0.39 is 0 Å². The molecule has 0 radical (unpaired) electrons. The van der Waals surface area contributed by atoms with Crippen LogP contribution in [0, 0.1) is 0 Å². The molecule has 0 aliphatic rings. The van der Waals surface area contributed by atoms with Crippen molar-refractivity contribution in [2.24, 2.45) is 0 Å². The first-order valence-corrected chi connectivity index (χ1v) is 6.31. The lowest BCUT2D eigenvalue weighted by Gasteiger charge is -2.15. The zero-order valence-corrected chi connectivity index (χ0v) is 11.2. The highest BCUT2D eigenvalue weighted by Crippen LogP contribution is 2.32. The van der Waals surface area contributed by atoms with E-state index in [0.717, 1.165) is 5.56 Å². The number of aromatic hydroxyl groups is 1. The van der Waals surface area contributed by atoms with Crippen LogP contribution >= 0.6 is 0 Å². The van der Waals surface area contributed by atoms with Gasteiger partial charge in [0.2, 0.25) is 0 Å². The third-order valence-corrected chi connectivity index (χ3v) is 2.53. The molecule has 0 saturated heterocycles. The molecule has 3 nitrogen and oxygen atoms in total. The quantitative estimate of drug-likeness (QED) is 0.887. The second-order valence-electron chi connectivity index (χ2n) is 4.57. The Bertz CT molecular complexity index is 521. The molecule has 100 valence electrons. The van der Waals surface area contributed by atoms with Crippen LogP contribution in [-0.4, -0.2) is 11.2 Å². The van der Waals surface area contributed by atoms with Crippen molar-refractivity contribution in [1.29, 1.82) is 0 Å². The summed E-state index contributed by atoms with van der Waals surface area (Å²) in [5.41, 5.74) is 1.07. The zero-order chi connectivity index (χ0) is 13.7. The minimum atomic E-state index is 0.0589. The van der Waals surface area contributed by atoms with Crippen molar-refractivity contribution in [3.8, 4) is 17.2 Å². The van der Waals surface area contributed by atoms with Crippen molar-refractivity contribution in [2.75, 3.05) is 0 Å². The fourth-order valence-corrected chi connectivity index (χ4v) is 1.70. The zero-order valence-electron chi connectivity index (χ0n) is 11.2. The van der Waals surface area contributed by atoms with E-state index in [2.05, 4.69) is 0 Å². The average molecular weight is 258 g/mol. The van der Waals surface area contributed by atoms with Gasteiger partial charge < -0.3 is 14.6 Å². The molecule has 0 bridgehead atoms. The predicted octanol–water partition coefficient (Wildman–Crippen LogP) is 3.76. The van der Waals surface area contributed by atoms with Crippen LogP contribution in [-0.2, 0) is 6.61 Å². The highest BCUT2D eigenvalue weighted by molar-refractivity contribution is 5.45. The van der Waals surface area contributed by atoms with Gasteiger partial charge in [0.1, 0.15) is 12.4 Å². The van der Waals surface area contributed by atoms with E-state index in [1.54, 1.807) is 18.2 Å². The van der Waals surface area contributed by atoms with Crippen molar-refractivity contribution in [3.05, 3.63) is 54.1 Å². The summed E-state index contributed by atoms with van der Waals surface area (Å²) in [6.07, 6.45) is 0.0589. The highest BCUT2D eigenvalue weighted by atomic mass is 16.5. The molecule has 0 fully saturated rings. The van der Waals surface area contributed by atoms with Crippen molar-refractivity contribution in [1.82, 2.24) is 0 Å². The standard InChI is InChI=1S/C16H18O3/c1-12(2)19-15-9-8-14(17)10-16(15)18-11-13-6-4-3-5-7-13/h3-10,12,17H,11H2,1-2H3. The number of hydrogen-bond donors (Lipinski definition) is 1. The molecule has 0 amide bonds. The fourth-order valence-electron chi connectivity index (χ4n) is 1.70. The van der Waals surface area contributed by atoms with E-state index in [4.69, 9.17) is 9.47 Å². The SMILES string of the molecule is CC(C)Oc1ccc(O)cc1OCc1ccccc1. The first-order valence-electron chi connectivity index (χ1n) is 6.31. The molecule has 0 aliphatic heterocycles. The molecule has 0 atom stereocenters. The smallest absolute Gasteiger partial charge is 0.165 e. The lowest BCUT2D eigenvalue weighted by atomic mass is 10.2. The summed E-state index contributed by atoms with van der Waals surface area (Å²) in [5, 5.41) is 9.53. The Morgan fingerprint density at radius 2 is 1.74 bits per heavy atom. The lowest BCUT2D eigenvalue weighted by molar-refractivity contribution is 0.217. The maximum Gasteiger partial charge on any atom is 0.165 e. The van der Waals surface area contributed by atoms with Crippen LogP contribution in [0.25, 0.3) is 0 Å². The van der Waals surface area contributed by atoms with Gasteiger partial charge in [0, 0.05) is 6.07 Å². The van der Waals surface area contributed by atoms with Crippen molar-refractivity contribution < 1.29 is 14.6 Å². The largest absolute Gasteiger partial charge is 0.508 e. The average Bonchev–Trinajstić information content (AvgIpc) is 2.40. The first-order chi connectivity index (χ1) is 9.15. The molecule has 0 spiro atoms. The third kappa shape index (κ3) is 3.91. The van der Waals surface area contributed by atoms with Gasteiger partial charge >= 0.3 is 0 Å². The van der Waals surface area contributed by atoms with Gasteiger partial charge in [0.25, 0.3) is 0 Å². The van der Waals surface area contributed by atoms with E-state index in [-0.39, 0.29) is 11.9 Å². The van der Waals surface area contributed by atoms with E-state index in [0.29, 0.717) is 18.1 Å². The monoisotopic (exact) mass is 258 g/mol. The minimum Gasteiger partial charge on any atom is -0.508 e. The molecule has 2 aromatic carbocycles. The van der Waals surface area contributed by atoms with Crippen LogP contribution in [0.4, 0.5) is 0 Å². The van der Waals surface area contributed by atoms with Crippen LogP contribution in [0.15, 0.2) is 48.5 Å². The molecule has 2 rings (SSSR count). The van der Waals surface area contributed by atoms with Gasteiger partial charge in [0.05, 0.1) is 6.10 Å². The molecule has 3 heteroatoms. The number of benzene rings is 2. The van der Waals surface area contributed by atoms with Crippen LogP contribution in [0.1, 0.15) is 19.4 Å². The summed E-state index contributed by atoms with van der Waals surface area (Å²) >= 11 is 0. The number of phenolic OH excluding ortho intramolecular Hbond substituents is 1. The van der Waals surface area contributed by atoms with E-state index in [9.17, 15) is 5.11 Å². The molecule has 0 aromatic heterocycles. The molecule has 19 heavy (non-hydrogen) atoms. The van der Waals surface area contributed by atoms with Gasteiger partial charge in [0.15, 0.2) is 11.5 Å².